The van der Waals surface area contributed by atoms with Gasteiger partial charge in [-0.3, -0.25) is 4.79 Å². The molecule has 4 nitrogen and oxygen atoms in total. The van der Waals surface area contributed by atoms with Crippen molar-refractivity contribution in [2.45, 2.75) is 37.8 Å². The molecule has 0 aliphatic heterocycles. The summed E-state index contributed by atoms with van der Waals surface area (Å²) < 4.78 is 0. The molecule has 0 bridgehead atoms. The topological polar surface area (TPSA) is 72.3 Å². The summed E-state index contributed by atoms with van der Waals surface area (Å²) in [4.78, 5) is 13.6. The lowest BCUT2D eigenvalue weighted by Gasteiger charge is -2.35. The van der Waals surface area contributed by atoms with Gasteiger partial charge in [-0.2, -0.15) is 0 Å². The zero-order valence-electron chi connectivity index (χ0n) is 10.8. The molecular weight excluding hydrogens is 226 g/mol. The first-order chi connectivity index (χ1) is 8.59. The molecule has 1 fully saturated rings. The van der Waals surface area contributed by atoms with Gasteiger partial charge < -0.3 is 16.4 Å². The van der Waals surface area contributed by atoms with Gasteiger partial charge in [-0.1, -0.05) is 12.1 Å². The summed E-state index contributed by atoms with van der Waals surface area (Å²) in [7, 11) is 2.03. The van der Waals surface area contributed by atoms with E-state index in [9.17, 15) is 4.79 Å². The van der Waals surface area contributed by atoms with Gasteiger partial charge in [0.1, 0.15) is 0 Å². The van der Waals surface area contributed by atoms with E-state index in [1.807, 2.05) is 25.2 Å². The predicted molar refractivity (Wildman–Crippen MR) is 73.6 cm³/mol. The molecule has 0 saturated heterocycles. The van der Waals surface area contributed by atoms with Crippen molar-refractivity contribution in [2.24, 2.45) is 11.5 Å². The molecule has 1 aliphatic carbocycles. The molecule has 4 heteroatoms. The quantitative estimate of drug-likeness (QED) is 0.850. The second kappa shape index (κ2) is 5.40. The van der Waals surface area contributed by atoms with Crippen molar-refractivity contribution < 1.29 is 4.79 Å². The SMILES string of the molecule is CN(c1ccccc1C(N)=O)C1CCC(N)CC1. The average Bonchev–Trinajstić information content (AvgIpc) is 2.39. The van der Waals surface area contributed by atoms with Gasteiger partial charge in [0.25, 0.3) is 5.91 Å². The van der Waals surface area contributed by atoms with Crippen molar-refractivity contribution in [2.75, 3.05) is 11.9 Å². The third-order valence-electron chi connectivity index (χ3n) is 3.84. The summed E-state index contributed by atoms with van der Waals surface area (Å²) in [5, 5.41) is 0. The third-order valence-corrected chi connectivity index (χ3v) is 3.84. The molecular formula is C14H21N3O. The van der Waals surface area contributed by atoms with E-state index in [2.05, 4.69) is 4.90 Å². The van der Waals surface area contributed by atoms with Crippen molar-refractivity contribution in [1.29, 1.82) is 0 Å². The summed E-state index contributed by atoms with van der Waals surface area (Å²) in [6.07, 6.45) is 4.25. The zero-order chi connectivity index (χ0) is 13.1. The smallest absolute Gasteiger partial charge is 0.250 e. The predicted octanol–water partition coefficient (Wildman–Crippen LogP) is 1.49. The lowest BCUT2D eigenvalue weighted by atomic mass is 9.90. The number of primary amides is 1. The summed E-state index contributed by atoms with van der Waals surface area (Å²) in [5.74, 6) is -0.370. The monoisotopic (exact) mass is 247 g/mol. The summed E-state index contributed by atoms with van der Waals surface area (Å²) in [6.45, 7) is 0. The molecule has 0 atom stereocenters. The Hall–Kier alpha value is -1.55. The molecule has 1 aromatic rings. The van der Waals surface area contributed by atoms with Gasteiger partial charge in [-0.15, -0.1) is 0 Å². The number of nitrogens with zero attached hydrogens (tertiary/aromatic N) is 1. The first-order valence-electron chi connectivity index (χ1n) is 6.47. The minimum absolute atomic E-state index is 0.334. The second-order valence-electron chi connectivity index (χ2n) is 5.06. The number of carbonyl (C=O) groups is 1. The van der Waals surface area contributed by atoms with Crippen LogP contribution in [-0.2, 0) is 0 Å². The van der Waals surface area contributed by atoms with E-state index in [1.165, 1.54) is 0 Å². The van der Waals surface area contributed by atoms with Crippen LogP contribution in [0.1, 0.15) is 36.0 Å². The summed E-state index contributed by atoms with van der Waals surface area (Å²) in [6, 6.07) is 8.30. The van der Waals surface area contributed by atoms with E-state index in [-0.39, 0.29) is 5.91 Å². The molecule has 18 heavy (non-hydrogen) atoms. The van der Waals surface area contributed by atoms with Gasteiger partial charge in [-0.25, -0.2) is 0 Å². The highest BCUT2D eigenvalue weighted by Crippen LogP contribution is 2.27. The van der Waals surface area contributed by atoms with Crippen molar-refractivity contribution in [1.82, 2.24) is 0 Å². The Balaban J connectivity index is 2.18. The fourth-order valence-electron chi connectivity index (χ4n) is 2.68. The molecule has 0 heterocycles. The Morgan fingerprint density at radius 1 is 1.22 bits per heavy atom. The van der Waals surface area contributed by atoms with Gasteiger partial charge >= 0.3 is 0 Å². The number of hydrogen-bond donors (Lipinski definition) is 2. The molecule has 0 radical (unpaired) electrons. The van der Waals surface area contributed by atoms with Crippen LogP contribution in [0.3, 0.4) is 0 Å². The minimum Gasteiger partial charge on any atom is -0.371 e. The minimum atomic E-state index is -0.370. The molecule has 0 spiro atoms. The Labute approximate surface area is 108 Å². The Morgan fingerprint density at radius 3 is 2.44 bits per heavy atom. The van der Waals surface area contributed by atoms with Gasteiger partial charge in [0.15, 0.2) is 0 Å². The van der Waals surface area contributed by atoms with Crippen LogP contribution in [-0.4, -0.2) is 25.0 Å². The lowest BCUT2D eigenvalue weighted by Crippen LogP contribution is -2.39. The second-order valence-corrected chi connectivity index (χ2v) is 5.06. The number of amides is 1. The van der Waals surface area contributed by atoms with Gasteiger partial charge in [0, 0.05) is 24.8 Å². The van der Waals surface area contributed by atoms with E-state index in [1.54, 1.807) is 6.07 Å². The number of benzene rings is 1. The number of rotatable bonds is 3. The largest absolute Gasteiger partial charge is 0.371 e. The maximum atomic E-state index is 11.4. The van der Waals surface area contributed by atoms with Gasteiger partial charge in [0.2, 0.25) is 0 Å². The van der Waals surface area contributed by atoms with E-state index in [0.717, 1.165) is 31.4 Å². The fourth-order valence-corrected chi connectivity index (χ4v) is 2.68. The number of para-hydroxylation sites is 1. The van der Waals surface area contributed by atoms with Crippen LogP contribution in [0.2, 0.25) is 0 Å². The first kappa shape index (κ1) is 12.9. The van der Waals surface area contributed by atoms with Crippen LogP contribution in [0.4, 0.5) is 5.69 Å². The average molecular weight is 247 g/mol. The van der Waals surface area contributed by atoms with Crippen LogP contribution < -0.4 is 16.4 Å². The Kier molecular flexibility index (Phi) is 3.87. The van der Waals surface area contributed by atoms with Gasteiger partial charge in [-0.05, 0) is 37.8 Å². The van der Waals surface area contributed by atoms with Crippen molar-refractivity contribution in [3.63, 3.8) is 0 Å². The van der Waals surface area contributed by atoms with Crippen LogP contribution in [0.25, 0.3) is 0 Å². The molecule has 1 aliphatic rings. The number of nitrogens with two attached hydrogens (primary N) is 2. The number of hydrogen-bond acceptors (Lipinski definition) is 3. The Morgan fingerprint density at radius 2 is 1.83 bits per heavy atom. The van der Waals surface area contributed by atoms with Crippen molar-refractivity contribution in [3.05, 3.63) is 29.8 Å². The van der Waals surface area contributed by atoms with Crippen molar-refractivity contribution >= 4 is 11.6 Å². The highest BCUT2D eigenvalue weighted by atomic mass is 16.1. The third kappa shape index (κ3) is 2.64. The molecule has 0 unspecified atom stereocenters. The molecule has 98 valence electrons. The van der Waals surface area contributed by atoms with E-state index in [4.69, 9.17) is 11.5 Å². The standard InChI is InChI=1S/C14H21N3O/c1-17(11-8-6-10(15)7-9-11)13-5-3-2-4-12(13)14(16)18/h2-5,10-11H,6-9,15H2,1H3,(H2,16,18). The highest BCUT2D eigenvalue weighted by Gasteiger charge is 2.24. The molecule has 1 saturated carbocycles. The number of carbonyl (C=O) groups excluding carboxylic acids is 1. The lowest BCUT2D eigenvalue weighted by molar-refractivity contribution is 0.100. The normalized spacial score (nSPS) is 23.7. The van der Waals surface area contributed by atoms with Crippen molar-refractivity contribution in [3.8, 4) is 0 Å². The summed E-state index contributed by atoms with van der Waals surface area (Å²) >= 11 is 0. The molecule has 0 aromatic heterocycles. The van der Waals surface area contributed by atoms with E-state index < -0.39 is 0 Å². The van der Waals surface area contributed by atoms with Crippen LogP contribution >= 0.6 is 0 Å². The Bertz CT molecular complexity index is 425. The van der Waals surface area contributed by atoms with Crippen LogP contribution in [0.15, 0.2) is 24.3 Å². The summed E-state index contributed by atoms with van der Waals surface area (Å²) in [5.41, 5.74) is 12.9. The van der Waals surface area contributed by atoms with E-state index in [0.29, 0.717) is 17.6 Å². The van der Waals surface area contributed by atoms with Gasteiger partial charge in [0.05, 0.1) is 5.56 Å². The molecule has 2 rings (SSSR count). The maximum absolute atomic E-state index is 11.4. The highest BCUT2D eigenvalue weighted by molar-refractivity contribution is 5.98. The molecule has 1 amide bonds. The van der Waals surface area contributed by atoms with E-state index >= 15 is 0 Å². The molecule has 4 N–H and O–H groups in total. The van der Waals surface area contributed by atoms with Crippen LogP contribution in [0.5, 0.6) is 0 Å². The maximum Gasteiger partial charge on any atom is 0.250 e. The van der Waals surface area contributed by atoms with Crippen LogP contribution in [0, 0.1) is 0 Å². The zero-order valence-corrected chi connectivity index (χ0v) is 10.8. The molecule has 1 aromatic carbocycles. The number of anilines is 1. The first-order valence-corrected chi connectivity index (χ1v) is 6.47. The fraction of sp³-hybridized carbons (Fsp3) is 0.500.